The molecule has 1 aliphatic rings. The third-order valence-electron chi connectivity index (χ3n) is 3.64. The van der Waals surface area contributed by atoms with Crippen molar-refractivity contribution < 1.29 is 9.53 Å². The molecule has 0 saturated carbocycles. The first-order valence-corrected chi connectivity index (χ1v) is 7.84. The minimum atomic E-state index is -0.489. The maximum Gasteiger partial charge on any atom is 0.263 e. The van der Waals surface area contributed by atoms with Crippen LogP contribution in [0.3, 0.4) is 0 Å². The summed E-state index contributed by atoms with van der Waals surface area (Å²) in [7, 11) is 0. The van der Waals surface area contributed by atoms with Gasteiger partial charge >= 0.3 is 0 Å². The second kappa shape index (κ2) is 7.09. The largest absolute Gasteiger partial charge is 0.481 e. The Labute approximate surface area is 128 Å². The van der Waals surface area contributed by atoms with E-state index in [4.69, 9.17) is 10.5 Å². The van der Waals surface area contributed by atoms with E-state index in [2.05, 4.69) is 15.9 Å². The maximum atomic E-state index is 12.5. The van der Waals surface area contributed by atoms with Crippen LogP contribution in [0, 0.1) is 0 Å². The number of carbonyl (C=O) groups is 1. The number of hydrogen-bond donors (Lipinski definition) is 1. The van der Waals surface area contributed by atoms with Crippen LogP contribution in [0.5, 0.6) is 5.75 Å². The number of likely N-dealkylation sites (tertiary alicyclic amines) is 1. The highest BCUT2D eigenvalue weighted by Crippen LogP contribution is 2.21. The quantitative estimate of drug-likeness (QED) is 0.916. The number of nitrogens with zero attached hydrogens (tertiary/aromatic N) is 1. The van der Waals surface area contributed by atoms with Gasteiger partial charge in [0.15, 0.2) is 6.10 Å². The standard InChI is InChI=1S/C15H21BrN2O2/c1-11(20-14-7-4-5-12(16)9-14)15(19)18-8-3-2-6-13(18)10-17/h4-5,7,9,11,13H,2-3,6,8,10,17H2,1H3. The number of benzene rings is 1. The molecule has 1 saturated heterocycles. The summed E-state index contributed by atoms with van der Waals surface area (Å²) in [5.74, 6) is 0.724. The SMILES string of the molecule is CC(Oc1cccc(Br)c1)C(=O)N1CCCCC1CN. The van der Waals surface area contributed by atoms with Gasteiger partial charge in [-0.05, 0) is 44.4 Å². The van der Waals surface area contributed by atoms with Crippen molar-refractivity contribution in [1.29, 1.82) is 0 Å². The zero-order valence-corrected chi connectivity index (χ0v) is 13.3. The molecule has 1 heterocycles. The molecule has 2 unspecified atom stereocenters. The number of halogens is 1. The highest BCUT2D eigenvalue weighted by atomic mass is 79.9. The second-order valence-electron chi connectivity index (χ2n) is 5.13. The van der Waals surface area contributed by atoms with Crippen LogP contribution < -0.4 is 10.5 Å². The van der Waals surface area contributed by atoms with Gasteiger partial charge in [-0.25, -0.2) is 0 Å². The Balaban J connectivity index is 2.00. The third-order valence-corrected chi connectivity index (χ3v) is 4.13. The lowest BCUT2D eigenvalue weighted by Gasteiger charge is -2.36. The minimum absolute atomic E-state index is 0.0279. The number of nitrogens with two attached hydrogens (primary N) is 1. The first-order valence-electron chi connectivity index (χ1n) is 7.04. The van der Waals surface area contributed by atoms with Crippen LogP contribution in [-0.2, 0) is 4.79 Å². The summed E-state index contributed by atoms with van der Waals surface area (Å²) >= 11 is 3.39. The predicted octanol–water partition coefficient (Wildman–Crippen LogP) is 2.56. The first kappa shape index (κ1) is 15.3. The maximum absolute atomic E-state index is 12.5. The van der Waals surface area contributed by atoms with Crippen molar-refractivity contribution in [3.05, 3.63) is 28.7 Å². The Morgan fingerprint density at radius 1 is 1.55 bits per heavy atom. The molecule has 110 valence electrons. The highest BCUT2D eigenvalue weighted by Gasteiger charge is 2.29. The minimum Gasteiger partial charge on any atom is -0.481 e. The molecule has 2 N–H and O–H groups in total. The third kappa shape index (κ3) is 3.73. The van der Waals surface area contributed by atoms with Gasteiger partial charge in [0.2, 0.25) is 0 Å². The highest BCUT2D eigenvalue weighted by molar-refractivity contribution is 9.10. The van der Waals surface area contributed by atoms with Crippen LogP contribution in [0.4, 0.5) is 0 Å². The number of carbonyl (C=O) groups excluding carboxylic acids is 1. The van der Waals surface area contributed by atoms with Crippen molar-refractivity contribution in [2.24, 2.45) is 5.73 Å². The Bertz CT molecular complexity index is 467. The van der Waals surface area contributed by atoms with Gasteiger partial charge in [0.1, 0.15) is 5.75 Å². The second-order valence-corrected chi connectivity index (χ2v) is 6.05. The van der Waals surface area contributed by atoms with Crippen molar-refractivity contribution in [3.63, 3.8) is 0 Å². The van der Waals surface area contributed by atoms with E-state index in [9.17, 15) is 4.79 Å². The first-order chi connectivity index (χ1) is 9.61. The summed E-state index contributed by atoms with van der Waals surface area (Å²) in [6.07, 6.45) is 2.70. The Kier molecular flexibility index (Phi) is 5.43. The monoisotopic (exact) mass is 340 g/mol. The van der Waals surface area contributed by atoms with Crippen molar-refractivity contribution in [2.45, 2.75) is 38.3 Å². The molecular weight excluding hydrogens is 320 g/mol. The molecule has 2 rings (SSSR count). The summed E-state index contributed by atoms with van der Waals surface area (Å²) in [6, 6.07) is 7.69. The molecule has 2 atom stereocenters. The lowest BCUT2D eigenvalue weighted by Crippen LogP contribution is -2.51. The van der Waals surface area contributed by atoms with Gasteiger partial charge in [0.05, 0.1) is 0 Å². The molecule has 20 heavy (non-hydrogen) atoms. The van der Waals surface area contributed by atoms with Crippen LogP contribution >= 0.6 is 15.9 Å². The lowest BCUT2D eigenvalue weighted by molar-refractivity contribution is -0.141. The van der Waals surface area contributed by atoms with Gasteiger partial charge in [-0.1, -0.05) is 22.0 Å². The number of hydrogen-bond acceptors (Lipinski definition) is 3. The van der Waals surface area contributed by atoms with Crippen LogP contribution in [-0.4, -0.2) is 36.0 Å². The fourth-order valence-corrected chi connectivity index (χ4v) is 2.94. The molecular formula is C15H21BrN2O2. The molecule has 1 aromatic rings. The van der Waals surface area contributed by atoms with Crippen LogP contribution in [0.1, 0.15) is 26.2 Å². The van der Waals surface area contributed by atoms with Gasteiger partial charge in [0, 0.05) is 23.6 Å². The van der Waals surface area contributed by atoms with E-state index >= 15 is 0 Å². The van der Waals surface area contributed by atoms with E-state index in [0.29, 0.717) is 12.3 Å². The zero-order chi connectivity index (χ0) is 14.5. The number of rotatable bonds is 4. The Morgan fingerprint density at radius 2 is 2.35 bits per heavy atom. The zero-order valence-electron chi connectivity index (χ0n) is 11.7. The van der Waals surface area contributed by atoms with Crippen LogP contribution in [0.2, 0.25) is 0 Å². The molecule has 1 fully saturated rings. The lowest BCUT2D eigenvalue weighted by atomic mass is 10.0. The number of amides is 1. The summed E-state index contributed by atoms with van der Waals surface area (Å²) in [5.41, 5.74) is 5.76. The molecule has 5 heteroatoms. The molecule has 0 aliphatic carbocycles. The van der Waals surface area contributed by atoms with E-state index in [1.165, 1.54) is 0 Å². The van der Waals surface area contributed by atoms with Gasteiger partial charge in [-0.3, -0.25) is 4.79 Å². The number of piperidine rings is 1. The average molecular weight is 341 g/mol. The van der Waals surface area contributed by atoms with E-state index in [1.54, 1.807) is 6.92 Å². The van der Waals surface area contributed by atoms with E-state index < -0.39 is 6.10 Å². The molecule has 0 aromatic heterocycles. The molecule has 4 nitrogen and oxygen atoms in total. The van der Waals surface area contributed by atoms with Crippen LogP contribution in [0.15, 0.2) is 28.7 Å². The fraction of sp³-hybridized carbons (Fsp3) is 0.533. The predicted molar refractivity (Wildman–Crippen MR) is 82.6 cm³/mol. The smallest absolute Gasteiger partial charge is 0.263 e. The fourth-order valence-electron chi connectivity index (χ4n) is 2.56. The molecule has 0 spiro atoms. The summed E-state index contributed by atoms with van der Waals surface area (Å²) < 4.78 is 6.68. The van der Waals surface area contributed by atoms with Crippen LogP contribution in [0.25, 0.3) is 0 Å². The average Bonchev–Trinajstić information content (AvgIpc) is 2.46. The summed E-state index contributed by atoms with van der Waals surface area (Å²) in [6.45, 7) is 3.10. The van der Waals surface area contributed by atoms with Crippen molar-refractivity contribution in [1.82, 2.24) is 4.90 Å². The summed E-state index contributed by atoms with van der Waals surface area (Å²) in [4.78, 5) is 14.4. The molecule has 1 amide bonds. The topological polar surface area (TPSA) is 55.6 Å². The normalized spacial score (nSPS) is 20.6. The van der Waals surface area contributed by atoms with E-state index in [1.807, 2.05) is 29.2 Å². The Morgan fingerprint density at radius 3 is 3.05 bits per heavy atom. The van der Waals surface area contributed by atoms with E-state index in [-0.39, 0.29) is 11.9 Å². The van der Waals surface area contributed by atoms with Gasteiger partial charge < -0.3 is 15.4 Å². The van der Waals surface area contributed by atoms with Crippen molar-refractivity contribution >= 4 is 21.8 Å². The van der Waals surface area contributed by atoms with Crippen molar-refractivity contribution in [3.8, 4) is 5.75 Å². The molecule has 0 bridgehead atoms. The molecule has 1 aromatic carbocycles. The Hall–Kier alpha value is -1.07. The van der Waals surface area contributed by atoms with Gasteiger partial charge in [-0.15, -0.1) is 0 Å². The van der Waals surface area contributed by atoms with Gasteiger partial charge in [-0.2, -0.15) is 0 Å². The van der Waals surface area contributed by atoms with E-state index in [0.717, 1.165) is 30.3 Å². The van der Waals surface area contributed by atoms with Gasteiger partial charge in [0.25, 0.3) is 5.91 Å². The van der Waals surface area contributed by atoms with Crippen molar-refractivity contribution in [2.75, 3.05) is 13.1 Å². The summed E-state index contributed by atoms with van der Waals surface area (Å²) in [5, 5.41) is 0. The number of ether oxygens (including phenoxy) is 1. The molecule has 0 radical (unpaired) electrons. The molecule has 1 aliphatic heterocycles.